The lowest BCUT2D eigenvalue weighted by atomic mass is 10.0. The maximum atomic E-state index is 12.7. The van der Waals surface area contributed by atoms with Crippen molar-refractivity contribution in [2.75, 3.05) is 0 Å². The summed E-state index contributed by atoms with van der Waals surface area (Å²) in [5.41, 5.74) is -1.08. The molecule has 2 N–H and O–H groups in total. The fourth-order valence-electron chi connectivity index (χ4n) is 1.48. The van der Waals surface area contributed by atoms with Gasteiger partial charge in [0.05, 0.1) is 12.0 Å². The Kier molecular flexibility index (Phi) is 4.52. The van der Waals surface area contributed by atoms with Gasteiger partial charge in [0.15, 0.2) is 0 Å². The van der Waals surface area contributed by atoms with Crippen molar-refractivity contribution in [2.45, 2.75) is 25.6 Å². The third kappa shape index (κ3) is 4.27. The molecule has 1 atom stereocenters. The van der Waals surface area contributed by atoms with Gasteiger partial charge in [-0.1, -0.05) is 18.2 Å². The van der Waals surface area contributed by atoms with Gasteiger partial charge in [-0.05, 0) is 18.6 Å². The topological polar surface area (TPSA) is 66.4 Å². The number of halogens is 3. The Balaban J connectivity index is 2.83. The summed E-state index contributed by atoms with van der Waals surface area (Å²) >= 11 is 0. The highest BCUT2D eigenvalue weighted by atomic mass is 19.4. The van der Waals surface area contributed by atoms with Crippen LogP contribution < -0.4 is 5.32 Å². The van der Waals surface area contributed by atoms with Crippen LogP contribution in [0.5, 0.6) is 0 Å². The smallest absolute Gasteiger partial charge is 0.416 e. The fraction of sp³-hybridized carbons (Fsp3) is 0.333. The predicted molar refractivity (Wildman–Crippen MR) is 60.4 cm³/mol. The van der Waals surface area contributed by atoms with Gasteiger partial charge in [0.25, 0.3) is 0 Å². The standard InChI is InChI=1S/C12H12F3NO3/c1-7(11(18)19)16-10(17)6-8-4-2-3-5-9(8)12(13,14)15/h2-5,7H,6H2,1H3,(H,16,17)(H,18,19). The number of carbonyl (C=O) groups is 2. The lowest BCUT2D eigenvalue weighted by molar-refractivity contribution is -0.141. The zero-order chi connectivity index (χ0) is 14.6. The van der Waals surface area contributed by atoms with Gasteiger partial charge in [0.2, 0.25) is 5.91 Å². The average Bonchev–Trinajstić information content (AvgIpc) is 2.27. The highest BCUT2D eigenvalue weighted by Crippen LogP contribution is 2.31. The molecule has 0 aliphatic rings. The summed E-state index contributed by atoms with van der Waals surface area (Å²) in [5, 5.41) is 10.7. The number of carboxylic acid groups (broad SMARTS) is 1. The van der Waals surface area contributed by atoms with Crippen molar-refractivity contribution in [2.24, 2.45) is 0 Å². The number of amides is 1. The summed E-state index contributed by atoms with van der Waals surface area (Å²) < 4.78 is 38.0. The zero-order valence-corrected chi connectivity index (χ0v) is 9.99. The third-order valence-electron chi connectivity index (χ3n) is 2.42. The molecule has 19 heavy (non-hydrogen) atoms. The van der Waals surface area contributed by atoms with Crippen molar-refractivity contribution in [1.29, 1.82) is 0 Å². The molecule has 0 heterocycles. The van der Waals surface area contributed by atoms with E-state index in [4.69, 9.17) is 5.11 Å². The molecule has 0 bridgehead atoms. The van der Waals surface area contributed by atoms with E-state index in [1.165, 1.54) is 25.1 Å². The molecule has 0 saturated carbocycles. The van der Waals surface area contributed by atoms with E-state index in [9.17, 15) is 22.8 Å². The SMILES string of the molecule is CC(NC(=O)Cc1ccccc1C(F)(F)F)C(=O)O. The van der Waals surface area contributed by atoms with Crippen LogP contribution in [0.25, 0.3) is 0 Å². The van der Waals surface area contributed by atoms with Crippen LogP contribution in [0.15, 0.2) is 24.3 Å². The normalized spacial score (nSPS) is 12.8. The van der Waals surface area contributed by atoms with Crippen molar-refractivity contribution in [3.8, 4) is 0 Å². The Morgan fingerprint density at radius 3 is 2.42 bits per heavy atom. The van der Waals surface area contributed by atoms with Gasteiger partial charge in [-0.3, -0.25) is 9.59 Å². The first kappa shape index (κ1) is 15.0. The summed E-state index contributed by atoms with van der Waals surface area (Å²) in [6, 6.07) is 3.53. The van der Waals surface area contributed by atoms with Crippen LogP contribution in [0, 0.1) is 0 Å². The molecule has 1 rings (SSSR count). The molecule has 1 aromatic carbocycles. The van der Waals surface area contributed by atoms with Gasteiger partial charge >= 0.3 is 12.1 Å². The Bertz CT molecular complexity index is 485. The number of alkyl halides is 3. The van der Waals surface area contributed by atoms with Crippen LogP contribution in [0.2, 0.25) is 0 Å². The minimum atomic E-state index is -4.55. The molecule has 1 unspecified atom stereocenters. The number of benzene rings is 1. The molecular weight excluding hydrogens is 263 g/mol. The van der Waals surface area contributed by atoms with Crippen molar-refractivity contribution in [1.82, 2.24) is 5.32 Å². The van der Waals surface area contributed by atoms with E-state index in [1.54, 1.807) is 0 Å². The lowest BCUT2D eigenvalue weighted by Gasteiger charge is -2.13. The van der Waals surface area contributed by atoms with Crippen LogP contribution >= 0.6 is 0 Å². The molecule has 0 aliphatic carbocycles. The van der Waals surface area contributed by atoms with Crippen molar-refractivity contribution >= 4 is 11.9 Å². The Labute approximate surface area is 107 Å². The molecule has 0 aliphatic heterocycles. The summed E-state index contributed by atoms with van der Waals surface area (Å²) in [6.45, 7) is 1.23. The van der Waals surface area contributed by atoms with E-state index in [0.29, 0.717) is 0 Å². The highest BCUT2D eigenvalue weighted by Gasteiger charge is 2.33. The van der Waals surface area contributed by atoms with Gasteiger partial charge in [-0.25, -0.2) is 0 Å². The first-order chi connectivity index (χ1) is 8.71. The second-order valence-electron chi connectivity index (χ2n) is 3.96. The average molecular weight is 275 g/mol. The first-order valence-electron chi connectivity index (χ1n) is 5.39. The maximum absolute atomic E-state index is 12.7. The number of hydrogen-bond acceptors (Lipinski definition) is 2. The van der Waals surface area contributed by atoms with Gasteiger partial charge in [0.1, 0.15) is 6.04 Å². The van der Waals surface area contributed by atoms with E-state index in [0.717, 1.165) is 6.07 Å². The molecule has 0 aromatic heterocycles. The minimum Gasteiger partial charge on any atom is -0.480 e. The first-order valence-corrected chi connectivity index (χ1v) is 5.39. The third-order valence-corrected chi connectivity index (χ3v) is 2.42. The van der Waals surface area contributed by atoms with Crippen LogP contribution in [0.1, 0.15) is 18.1 Å². The van der Waals surface area contributed by atoms with Gasteiger partial charge in [-0.15, -0.1) is 0 Å². The number of aliphatic carboxylic acids is 1. The van der Waals surface area contributed by atoms with Crippen LogP contribution in [0.3, 0.4) is 0 Å². The number of rotatable bonds is 4. The predicted octanol–water partition coefficient (Wildman–Crippen LogP) is 1.84. The van der Waals surface area contributed by atoms with Crippen LogP contribution in [-0.2, 0) is 22.2 Å². The van der Waals surface area contributed by atoms with Crippen LogP contribution in [0.4, 0.5) is 13.2 Å². The Morgan fingerprint density at radius 1 is 1.32 bits per heavy atom. The van der Waals surface area contributed by atoms with Crippen molar-refractivity contribution in [3.63, 3.8) is 0 Å². The molecule has 104 valence electrons. The summed E-state index contributed by atoms with van der Waals surface area (Å²) in [5.74, 6) is -2.02. The van der Waals surface area contributed by atoms with E-state index in [-0.39, 0.29) is 5.56 Å². The summed E-state index contributed by atoms with van der Waals surface area (Å²) in [7, 11) is 0. The lowest BCUT2D eigenvalue weighted by Crippen LogP contribution is -2.39. The highest BCUT2D eigenvalue weighted by molar-refractivity contribution is 5.84. The van der Waals surface area contributed by atoms with Crippen LogP contribution in [-0.4, -0.2) is 23.0 Å². The van der Waals surface area contributed by atoms with E-state index in [2.05, 4.69) is 5.32 Å². The Hall–Kier alpha value is -2.05. The maximum Gasteiger partial charge on any atom is 0.416 e. The molecule has 1 amide bonds. The van der Waals surface area contributed by atoms with Gasteiger partial charge in [0, 0.05) is 0 Å². The van der Waals surface area contributed by atoms with E-state index in [1.807, 2.05) is 0 Å². The molecule has 0 saturated heterocycles. The van der Waals surface area contributed by atoms with E-state index < -0.39 is 36.1 Å². The molecule has 1 aromatic rings. The molecule has 4 nitrogen and oxygen atoms in total. The minimum absolute atomic E-state index is 0.190. The largest absolute Gasteiger partial charge is 0.480 e. The van der Waals surface area contributed by atoms with Gasteiger partial charge in [-0.2, -0.15) is 13.2 Å². The number of carboxylic acids is 1. The van der Waals surface area contributed by atoms with Crippen molar-refractivity contribution in [3.05, 3.63) is 35.4 Å². The molecule has 0 radical (unpaired) electrons. The molecule has 0 spiro atoms. The molecular formula is C12H12F3NO3. The van der Waals surface area contributed by atoms with E-state index >= 15 is 0 Å². The second-order valence-corrected chi connectivity index (χ2v) is 3.96. The zero-order valence-electron chi connectivity index (χ0n) is 9.99. The monoisotopic (exact) mass is 275 g/mol. The number of nitrogens with one attached hydrogen (secondary N) is 1. The van der Waals surface area contributed by atoms with Crippen molar-refractivity contribution < 1.29 is 27.9 Å². The molecule has 7 heteroatoms. The fourth-order valence-corrected chi connectivity index (χ4v) is 1.48. The van der Waals surface area contributed by atoms with Gasteiger partial charge < -0.3 is 10.4 Å². The number of hydrogen-bond donors (Lipinski definition) is 2. The summed E-state index contributed by atoms with van der Waals surface area (Å²) in [6.07, 6.45) is -5.07. The second kappa shape index (κ2) is 5.73. The summed E-state index contributed by atoms with van der Waals surface area (Å²) in [4.78, 5) is 22.0. The number of carbonyl (C=O) groups excluding carboxylic acids is 1. The molecule has 0 fully saturated rings. The quantitative estimate of drug-likeness (QED) is 0.881. The Morgan fingerprint density at radius 2 is 1.89 bits per heavy atom.